The van der Waals surface area contributed by atoms with Gasteiger partial charge in [0.05, 0.1) is 5.41 Å². The molecule has 4 rings (SSSR count). The van der Waals surface area contributed by atoms with Crippen molar-refractivity contribution in [1.82, 2.24) is 10.2 Å². The number of likely N-dealkylation sites (tertiary alicyclic amines) is 1. The third-order valence-corrected chi connectivity index (χ3v) is 6.22. The lowest BCUT2D eigenvalue weighted by Crippen LogP contribution is -2.46. The Morgan fingerprint density at radius 1 is 1.13 bits per heavy atom. The summed E-state index contributed by atoms with van der Waals surface area (Å²) in [4.78, 5) is 27.4. The molecule has 1 N–H and O–H groups in total. The van der Waals surface area contributed by atoms with E-state index in [9.17, 15) is 9.59 Å². The molecule has 2 fully saturated rings. The van der Waals surface area contributed by atoms with Gasteiger partial charge in [0.15, 0.2) is 0 Å². The van der Waals surface area contributed by atoms with Gasteiger partial charge in [-0.15, -0.1) is 0 Å². The van der Waals surface area contributed by atoms with Crippen LogP contribution in [0, 0.1) is 12.3 Å². The van der Waals surface area contributed by atoms with Crippen molar-refractivity contribution >= 4 is 11.8 Å². The molecule has 2 amide bonds. The predicted octanol–water partition coefficient (Wildman–Crippen LogP) is 3.35. The zero-order valence-corrected chi connectivity index (χ0v) is 17.8. The number of rotatable bonds is 7. The lowest BCUT2D eigenvalue weighted by Gasteiger charge is -2.28. The zero-order chi connectivity index (χ0) is 21.1. The first kappa shape index (κ1) is 20.6. The standard InChI is InChI=1S/C25H30N2O3/c1-18-6-8-20(9-7-18)21-5-3-4-19(14-21)15-25(24(29)26-22-10-11-22)12-13-27(17-25)23(28)16-30-2/h3-9,14,22H,10-13,15-17H2,1-2H3,(H,26,29)/t25-/m0/s1. The largest absolute Gasteiger partial charge is 0.375 e. The van der Waals surface area contributed by atoms with Gasteiger partial charge in [-0.05, 0) is 49.3 Å². The van der Waals surface area contributed by atoms with Crippen molar-refractivity contribution in [1.29, 1.82) is 0 Å². The van der Waals surface area contributed by atoms with Gasteiger partial charge in [0, 0.05) is 26.2 Å². The summed E-state index contributed by atoms with van der Waals surface area (Å²) in [5.41, 5.74) is 4.09. The summed E-state index contributed by atoms with van der Waals surface area (Å²) in [6, 6.07) is 17.2. The molecule has 158 valence electrons. The molecule has 5 heteroatoms. The molecule has 1 saturated heterocycles. The third-order valence-electron chi connectivity index (χ3n) is 6.22. The number of ether oxygens (including phenoxy) is 1. The molecule has 2 aromatic rings. The zero-order valence-electron chi connectivity index (χ0n) is 17.8. The number of carbonyl (C=O) groups is 2. The summed E-state index contributed by atoms with van der Waals surface area (Å²) >= 11 is 0. The van der Waals surface area contributed by atoms with Crippen LogP contribution >= 0.6 is 0 Å². The van der Waals surface area contributed by atoms with Gasteiger partial charge in [-0.3, -0.25) is 9.59 Å². The Morgan fingerprint density at radius 2 is 1.90 bits per heavy atom. The van der Waals surface area contributed by atoms with E-state index < -0.39 is 5.41 Å². The fourth-order valence-corrected chi connectivity index (χ4v) is 4.27. The van der Waals surface area contributed by atoms with Gasteiger partial charge in [0.1, 0.15) is 6.61 Å². The first-order chi connectivity index (χ1) is 14.5. The average Bonchev–Trinajstić information content (AvgIpc) is 3.45. The second-order valence-electron chi connectivity index (χ2n) is 8.77. The molecule has 2 aliphatic rings. The third kappa shape index (κ3) is 4.57. The van der Waals surface area contributed by atoms with E-state index in [0.29, 0.717) is 32.0 Å². The number of carbonyl (C=O) groups excluding carboxylic acids is 2. The molecule has 1 atom stereocenters. The van der Waals surface area contributed by atoms with Crippen LogP contribution in [-0.4, -0.2) is 49.6 Å². The van der Waals surface area contributed by atoms with E-state index >= 15 is 0 Å². The monoisotopic (exact) mass is 406 g/mol. The first-order valence-corrected chi connectivity index (χ1v) is 10.7. The number of aryl methyl sites for hydroxylation is 1. The summed E-state index contributed by atoms with van der Waals surface area (Å²) < 4.78 is 5.02. The Bertz CT molecular complexity index is 920. The van der Waals surface area contributed by atoms with Gasteiger partial charge in [0.2, 0.25) is 11.8 Å². The van der Waals surface area contributed by atoms with Crippen molar-refractivity contribution in [2.45, 2.75) is 38.6 Å². The van der Waals surface area contributed by atoms with Crippen molar-refractivity contribution in [2.75, 3.05) is 26.8 Å². The van der Waals surface area contributed by atoms with Gasteiger partial charge in [-0.25, -0.2) is 0 Å². The molecule has 1 aliphatic carbocycles. The van der Waals surface area contributed by atoms with Gasteiger partial charge in [-0.2, -0.15) is 0 Å². The highest BCUT2D eigenvalue weighted by Crippen LogP contribution is 2.37. The van der Waals surface area contributed by atoms with Gasteiger partial charge < -0.3 is 15.0 Å². The molecule has 0 bridgehead atoms. The summed E-state index contributed by atoms with van der Waals surface area (Å²) in [5.74, 6) is 0.0328. The number of methoxy groups -OCH3 is 1. The predicted molar refractivity (Wildman–Crippen MR) is 117 cm³/mol. The number of amides is 2. The Morgan fingerprint density at radius 3 is 2.60 bits per heavy atom. The van der Waals surface area contributed by atoms with Crippen molar-refractivity contribution < 1.29 is 14.3 Å². The highest BCUT2D eigenvalue weighted by atomic mass is 16.5. The molecule has 5 nitrogen and oxygen atoms in total. The van der Waals surface area contributed by atoms with Gasteiger partial charge >= 0.3 is 0 Å². The molecule has 1 aliphatic heterocycles. The lowest BCUT2D eigenvalue weighted by atomic mass is 9.79. The molecular formula is C25H30N2O3. The first-order valence-electron chi connectivity index (χ1n) is 10.7. The summed E-state index contributed by atoms with van der Waals surface area (Å²) in [6.45, 7) is 3.18. The number of benzene rings is 2. The number of nitrogens with zero attached hydrogens (tertiary/aromatic N) is 1. The van der Waals surface area contributed by atoms with E-state index in [1.54, 1.807) is 4.90 Å². The Labute approximate surface area is 178 Å². The Hall–Kier alpha value is -2.66. The highest BCUT2D eigenvalue weighted by molar-refractivity contribution is 5.86. The van der Waals surface area contributed by atoms with Crippen molar-refractivity contribution in [3.8, 4) is 11.1 Å². The minimum atomic E-state index is -0.585. The van der Waals surface area contributed by atoms with Crippen LogP contribution in [0.15, 0.2) is 48.5 Å². The maximum absolute atomic E-state index is 13.3. The SMILES string of the molecule is COCC(=O)N1CC[C@@](Cc2cccc(-c3ccc(C)cc3)c2)(C(=O)NC2CC2)C1. The van der Waals surface area contributed by atoms with Crippen molar-refractivity contribution in [3.63, 3.8) is 0 Å². The van der Waals surface area contributed by atoms with Crippen LogP contribution < -0.4 is 5.32 Å². The smallest absolute Gasteiger partial charge is 0.248 e. The molecule has 30 heavy (non-hydrogen) atoms. The minimum absolute atomic E-state index is 0.0491. The number of nitrogens with one attached hydrogen (secondary N) is 1. The van der Waals surface area contributed by atoms with E-state index in [1.807, 2.05) is 0 Å². The van der Waals surface area contributed by atoms with Crippen molar-refractivity contribution in [2.24, 2.45) is 5.41 Å². The molecule has 1 saturated carbocycles. The summed E-state index contributed by atoms with van der Waals surface area (Å²) in [5, 5.41) is 3.19. The molecule has 0 spiro atoms. The summed E-state index contributed by atoms with van der Waals surface area (Å²) in [7, 11) is 1.53. The van der Waals surface area contributed by atoms with Crippen LogP contribution in [0.5, 0.6) is 0 Å². The molecule has 2 aromatic carbocycles. The number of hydrogen-bond donors (Lipinski definition) is 1. The second-order valence-corrected chi connectivity index (χ2v) is 8.77. The average molecular weight is 407 g/mol. The quantitative estimate of drug-likeness (QED) is 0.767. The second kappa shape index (κ2) is 8.60. The van der Waals surface area contributed by atoms with Gasteiger partial charge in [0.25, 0.3) is 0 Å². The summed E-state index contributed by atoms with van der Waals surface area (Å²) in [6.07, 6.45) is 3.41. The molecule has 1 heterocycles. The van der Waals surface area contributed by atoms with Crippen LogP contribution in [0.2, 0.25) is 0 Å². The Kier molecular flexibility index (Phi) is 5.91. The van der Waals surface area contributed by atoms with Crippen LogP contribution in [0.4, 0.5) is 0 Å². The van der Waals surface area contributed by atoms with E-state index in [2.05, 4.69) is 60.8 Å². The molecule has 0 unspecified atom stereocenters. The van der Waals surface area contributed by atoms with E-state index in [4.69, 9.17) is 4.74 Å². The molecule has 0 aromatic heterocycles. The number of hydrogen-bond acceptors (Lipinski definition) is 3. The maximum Gasteiger partial charge on any atom is 0.248 e. The lowest BCUT2D eigenvalue weighted by molar-refractivity contribution is -0.136. The minimum Gasteiger partial charge on any atom is -0.375 e. The normalized spacial score (nSPS) is 20.9. The van der Waals surface area contributed by atoms with Crippen molar-refractivity contribution in [3.05, 3.63) is 59.7 Å². The van der Waals surface area contributed by atoms with Crippen LogP contribution in [-0.2, 0) is 20.7 Å². The van der Waals surface area contributed by atoms with Gasteiger partial charge in [-0.1, -0.05) is 54.1 Å². The molecular weight excluding hydrogens is 376 g/mol. The van der Waals surface area contributed by atoms with Crippen LogP contribution in [0.1, 0.15) is 30.4 Å². The van der Waals surface area contributed by atoms with E-state index in [1.165, 1.54) is 18.2 Å². The molecule has 0 radical (unpaired) electrons. The maximum atomic E-state index is 13.3. The highest BCUT2D eigenvalue weighted by Gasteiger charge is 2.47. The van der Waals surface area contributed by atoms with Crippen LogP contribution in [0.3, 0.4) is 0 Å². The topological polar surface area (TPSA) is 58.6 Å². The fourth-order valence-electron chi connectivity index (χ4n) is 4.27. The fraction of sp³-hybridized carbons (Fsp3) is 0.440. The van der Waals surface area contributed by atoms with E-state index in [0.717, 1.165) is 24.0 Å². The Balaban J connectivity index is 1.57. The van der Waals surface area contributed by atoms with Crippen LogP contribution in [0.25, 0.3) is 11.1 Å². The van der Waals surface area contributed by atoms with E-state index in [-0.39, 0.29) is 18.4 Å².